The van der Waals surface area contributed by atoms with Crippen LogP contribution >= 0.6 is 0 Å². The zero-order valence-electron chi connectivity index (χ0n) is 21.3. The first kappa shape index (κ1) is 31.8. The van der Waals surface area contributed by atoms with Crippen LogP contribution < -0.4 is 0 Å². The molecule has 0 heterocycles. The van der Waals surface area contributed by atoms with Gasteiger partial charge in [-0.05, 0) is 52.4 Å². The Balaban J connectivity index is 4.77. The Bertz CT molecular complexity index is 475. The molecule has 196 valence electrons. The fourth-order valence-electron chi connectivity index (χ4n) is 3.51. The summed E-state index contributed by atoms with van der Waals surface area (Å²) in [4.78, 5) is 23.0. The largest absolute Gasteiger partial charge is 0.481 e. The zero-order chi connectivity index (χ0) is 25.0. The van der Waals surface area contributed by atoms with E-state index in [4.69, 9.17) is 24.1 Å². The van der Waals surface area contributed by atoms with Crippen molar-refractivity contribution in [3.63, 3.8) is 0 Å². The maximum atomic E-state index is 12.4. The number of carboxylic acids is 2. The van der Waals surface area contributed by atoms with E-state index in [2.05, 4.69) is 13.8 Å². The van der Waals surface area contributed by atoms with Crippen molar-refractivity contribution in [2.24, 2.45) is 5.41 Å². The summed E-state index contributed by atoms with van der Waals surface area (Å²) in [7, 11) is 0. The molecule has 0 saturated carbocycles. The molecule has 8 nitrogen and oxygen atoms in total. The van der Waals surface area contributed by atoms with Gasteiger partial charge in [-0.2, -0.15) is 0 Å². The minimum absolute atomic E-state index is 0.150. The van der Waals surface area contributed by atoms with Crippen molar-refractivity contribution in [2.75, 3.05) is 26.4 Å². The van der Waals surface area contributed by atoms with Gasteiger partial charge in [0.25, 0.3) is 0 Å². The van der Waals surface area contributed by atoms with Crippen molar-refractivity contribution in [3.8, 4) is 0 Å². The molecule has 0 aliphatic carbocycles. The van der Waals surface area contributed by atoms with Gasteiger partial charge in [-0.15, -0.1) is 0 Å². The van der Waals surface area contributed by atoms with E-state index in [9.17, 15) is 14.7 Å². The molecule has 2 unspecified atom stereocenters. The zero-order valence-corrected chi connectivity index (χ0v) is 21.3. The summed E-state index contributed by atoms with van der Waals surface area (Å²) in [5.41, 5.74) is -0.959. The summed E-state index contributed by atoms with van der Waals surface area (Å²) in [5, 5.41) is 18.9. The van der Waals surface area contributed by atoms with Gasteiger partial charge in [-0.25, -0.2) is 0 Å². The first-order valence-electron chi connectivity index (χ1n) is 12.7. The SMILES string of the molecule is CCCCOC(C)OCCC(CCCCCCC(=O)O)(CCOC(C)OCCCC)C(=O)O. The Labute approximate surface area is 200 Å². The van der Waals surface area contributed by atoms with Gasteiger partial charge in [0, 0.05) is 19.6 Å². The van der Waals surface area contributed by atoms with Crippen LogP contribution in [-0.4, -0.2) is 61.2 Å². The third kappa shape index (κ3) is 17.0. The highest BCUT2D eigenvalue weighted by molar-refractivity contribution is 5.74. The molecule has 0 aromatic carbocycles. The molecule has 0 fully saturated rings. The van der Waals surface area contributed by atoms with Crippen LogP contribution in [0.3, 0.4) is 0 Å². The third-order valence-electron chi connectivity index (χ3n) is 5.82. The van der Waals surface area contributed by atoms with Crippen molar-refractivity contribution < 1.29 is 38.7 Å². The lowest BCUT2D eigenvalue weighted by Crippen LogP contribution is -2.35. The summed E-state index contributed by atoms with van der Waals surface area (Å²) in [6.07, 6.45) is 7.56. The molecular weight excluding hydrogens is 428 g/mol. The number of carbonyl (C=O) groups is 2. The smallest absolute Gasteiger partial charge is 0.309 e. The molecule has 2 N–H and O–H groups in total. The molecule has 0 bridgehead atoms. The average Bonchev–Trinajstić information content (AvgIpc) is 2.75. The van der Waals surface area contributed by atoms with E-state index < -0.39 is 17.4 Å². The Morgan fingerprint density at radius 2 is 1.12 bits per heavy atom. The molecule has 0 radical (unpaired) electrons. The van der Waals surface area contributed by atoms with E-state index in [1.165, 1.54) is 0 Å². The Morgan fingerprint density at radius 3 is 1.55 bits per heavy atom. The normalized spacial score (nSPS) is 15.2. The molecule has 2 atom stereocenters. The number of ether oxygens (including phenoxy) is 4. The van der Waals surface area contributed by atoms with Gasteiger partial charge < -0.3 is 29.2 Å². The molecule has 0 aromatic rings. The maximum Gasteiger partial charge on any atom is 0.309 e. The first-order chi connectivity index (χ1) is 15.8. The molecule has 0 rings (SSSR count). The quantitative estimate of drug-likeness (QED) is 0.136. The van der Waals surface area contributed by atoms with Crippen molar-refractivity contribution >= 4 is 11.9 Å². The molecule has 33 heavy (non-hydrogen) atoms. The lowest BCUT2D eigenvalue weighted by atomic mass is 9.77. The topological polar surface area (TPSA) is 112 Å². The minimum atomic E-state index is -0.959. The van der Waals surface area contributed by atoms with Crippen molar-refractivity contribution in [3.05, 3.63) is 0 Å². The summed E-state index contributed by atoms with van der Waals surface area (Å²) < 4.78 is 22.7. The first-order valence-corrected chi connectivity index (χ1v) is 12.7. The van der Waals surface area contributed by atoms with Crippen molar-refractivity contribution in [1.82, 2.24) is 0 Å². The van der Waals surface area contributed by atoms with Crippen LogP contribution in [0, 0.1) is 5.41 Å². The van der Waals surface area contributed by atoms with Gasteiger partial charge in [0.15, 0.2) is 12.6 Å². The summed E-state index contributed by atoms with van der Waals surface area (Å²) in [6, 6.07) is 0. The van der Waals surface area contributed by atoms with E-state index in [0.717, 1.165) is 44.9 Å². The van der Waals surface area contributed by atoms with Gasteiger partial charge in [-0.3, -0.25) is 9.59 Å². The minimum Gasteiger partial charge on any atom is -0.481 e. The number of hydrogen-bond acceptors (Lipinski definition) is 6. The average molecular weight is 477 g/mol. The molecule has 0 aliphatic heterocycles. The predicted molar refractivity (Wildman–Crippen MR) is 127 cm³/mol. The highest BCUT2D eigenvalue weighted by atomic mass is 16.7. The summed E-state index contributed by atoms with van der Waals surface area (Å²) in [5.74, 6) is -1.64. The maximum absolute atomic E-state index is 12.4. The van der Waals surface area contributed by atoms with E-state index in [1.54, 1.807) is 0 Å². The van der Waals surface area contributed by atoms with E-state index >= 15 is 0 Å². The highest BCUT2D eigenvalue weighted by Gasteiger charge is 2.37. The van der Waals surface area contributed by atoms with Crippen LogP contribution in [0.4, 0.5) is 0 Å². The van der Waals surface area contributed by atoms with Crippen LogP contribution in [0.1, 0.15) is 105 Å². The van der Waals surface area contributed by atoms with Crippen LogP contribution in [0.15, 0.2) is 0 Å². The van der Waals surface area contributed by atoms with Gasteiger partial charge in [0.05, 0.1) is 18.6 Å². The fraction of sp³-hybridized carbons (Fsp3) is 0.920. The lowest BCUT2D eigenvalue weighted by molar-refractivity contribution is -0.165. The Morgan fingerprint density at radius 1 is 0.667 bits per heavy atom. The fourth-order valence-corrected chi connectivity index (χ4v) is 3.51. The van der Waals surface area contributed by atoms with Crippen molar-refractivity contribution in [2.45, 2.75) is 117 Å². The summed E-state index contributed by atoms with van der Waals surface area (Å²) in [6.45, 7) is 9.69. The lowest BCUT2D eigenvalue weighted by Gasteiger charge is -2.30. The molecule has 8 heteroatoms. The van der Waals surface area contributed by atoms with Crippen LogP contribution in [-0.2, 0) is 28.5 Å². The number of unbranched alkanes of at least 4 members (excludes halogenated alkanes) is 5. The van der Waals surface area contributed by atoms with Gasteiger partial charge in [0.1, 0.15) is 0 Å². The van der Waals surface area contributed by atoms with Crippen LogP contribution in [0.2, 0.25) is 0 Å². The number of aliphatic carboxylic acids is 2. The van der Waals surface area contributed by atoms with Crippen LogP contribution in [0.5, 0.6) is 0 Å². The Kier molecular flexibility index (Phi) is 19.4. The van der Waals surface area contributed by atoms with Crippen molar-refractivity contribution in [1.29, 1.82) is 0 Å². The van der Waals surface area contributed by atoms with Gasteiger partial charge in [0.2, 0.25) is 0 Å². The monoisotopic (exact) mass is 476 g/mol. The standard InChI is InChI=1S/C25H48O8/c1-5-7-17-30-21(3)32-19-15-25(24(28)29,14-12-10-9-11-13-23(26)27)16-20-33-22(4)31-18-8-6-2/h21-22H,5-20H2,1-4H3,(H,26,27)(H,28,29). The second-order valence-electron chi connectivity index (χ2n) is 8.72. The predicted octanol–water partition coefficient (Wildman–Crippen LogP) is 5.62. The number of carboxylic acid groups (broad SMARTS) is 2. The van der Waals surface area contributed by atoms with E-state index in [0.29, 0.717) is 52.1 Å². The Hall–Kier alpha value is -1.22. The molecule has 0 aliphatic rings. The second-order valence-corrected chi connectivity index (χ2v) is 8.72. The number of hydrogen-bond donors (Lipinski definition) is 2. The molecule has 0 saturated heterocycles. The summed E-state index contributed by atoms with van der Waals surface area (Å²) >= 11 is 0. The van der Waals surface area contributed by atoms with Gasteiger partial charge in [-0.1, -0.05) is 46.0 Å². The van der Waals surface area contributed by atoms with Gasteiger partial charge >= 0.3 is 11.9 Å². The molecule has 0 aromatic heterocycles. The molecular formula is C25H48O8. The number of rotatable bonds is 24. The molecule has 0 amide bonds. The van der Waals surface area contributed by atoms with E-state index in [1.807, 2.05) is 13.8 Å². The highest BCUT2D eigenvalue weighted by Crippen LogP contribution is 2.34. The van der Waals surface area contributed by atoms with Crippen LogP contribution in [0.25, 0.3) is 0 Å². The molecule has 0 spiro atoms. The third-order valence-corrected chi connectivity index (χ3v) is 5.82. The van der Waals surface area contributed by atoms with E-state index in [-0.39, 0.29) is 19.0 Å². The second kappa shape index (κ2) is 20.2.